The second-order valence-electron chi connectivity index (χ2n) is 4.85. The highest BCUT2D eigenvalue weighted by Gasteiger charge is 2.51. The standard InChI is InChI=1S/C16H18N2O6/c1-4-24-15(20)12-11(14(19)22-2)13(16(21)23-3)18(17-12)10-8-6-5-7-9-10/h5-9,11,13H,4H2,1-3H3/t11-,13?/m0/s1. The van der Waals surface area contributed by atoms with Gasteiger partial charge in [0.25, 0.3) is 0 Å². The van der Waals surface area contributed by atoms with Gasteiger partial charge in [0.15, 0.2) is 11.8 Å². The summed E-state index contributed by atoms with van der Waals surface area (Å²) >= 11 is 0. The maximum atomic E-state index is 12.3. The van der Waals surface area contributed by atoms with E-state index >= 15 is 0 Å². The van der Waals surface area contributed by atoms with Crippen LogP contribution in [-0.4, -0.2) is 50.5 Å². The topological polar surface area (TPSA) is 94.5 Å². The monoisotopic (exact) mass is 334 g/mol. The first-order valence-corrected chi connectivity index (χ1v) is 7.30. The molecule has 0 aromatic heterocycles. The molecular weight excluding hydrogens is 316 g/mol. The minimum absolute atomic E-state index is 0.111. The molecule has 0 saturated carbocycles. The summed E-state index contributed by atoms with van der Waals surface area (Å²) in [5, 5.41) is 5.43. The molecule has 0 amide bonds. The van der Waals surface area contributed by atoms with Crippen LogP contribution in [0.3, 0.4) is 0 Å². The summed E-state index contributed by atoms with van der Waals surface area (Å²) in [5.41, 5.74) is 0.337. The fourth-order valence-electron chi connectivity index (χ4n) is 2.43. The minimum Gasteiger partial charge on any atom is -0.468 e. The van der Waals surface area contributed by atoms with Gasteiger partial charge < -0.3 is 14.2 Å². The van der Waals surface area contributed by atoms with Gasteiger partial charge in [-0.3, -0.25) is 4.79 Å². The van der Waals surface area contributed by atoms with Crippen molar-refractivity contribution in [1.29, 1.82) is 0 Å². The van der Waals surface area contributed by atoms with Crippen LogP contribution in [0.1, 0.15) is 6.92 Å². The molecular formula is C16H18N2O6. The zero-order chi connectivity index (χ0) is 17.7. The molecule has 2 rings (SSSR count). The Morgan fingerprint density at radius 3 is 2.25 bits per heavy atom. The van der Waals surface area contributed by atoms with E-state index in [-0.39, 0.29) is 12.3 Å². The number of hydrogen-bond donors (Lipinski definition) is 0. The third-order valence-corrected chi connectivity index (χ3v) is 3.49. The van der Waals surface area contributed by atoms with Gasteiger partial charge in [-0.15, -0.1) is 0 Å². The van der Waals surface area contributed by atoms with Gasteiger partial charge in [0.2, 0.25) is 0 Å². The van der Waals surface area contributed by atoms with Crippen LogP contribution in [-0.2, 0) is 28.6 Å². The van der Waals surface area contributed by atoms with Crippen LogP contribution < -0.4 is 5.01 Å². The number of benzene rings is 1. The van der Waals surface area contributed by atoms with Gasteiger partial charge in [-0.2, -0.15) is 5.10 Å². The molecule has 0 saturated heterocycles. The summed E-state index contributed by atoms with van der Waals surface area (Å²) < 4.78 is 14.5. The van der Waals surface area contributed by atoms with Gasteiger partial charge in [-0.25, -0.2) is 14.6 Å². The third kappa shape index (κ3) is 3.22. The molecule has 8 nitrogen and oxygen atoms in total. The van der Waals surface area contributed by atoms with Crippen LogP contribution >= 0.6 is 0 Å². The van der Waals surface area contributed by atoms with Crippen LogP contribution in [0.15, 0.2) is 35.4 Å². The quantitative estimate of drug-likeness (QED) is 0.579. The summed E-state index contributed by atoms with van der Waals surface area (Å²) in [6, 6.07) is 7.53. The van der Waals surface area contributed by atoms with E-state index in [1.54, 1.807) is 37.3 Å². The summed E-state index contributed by atoms with van der Waals surface area (Å²) in [6.45, 7) is 1.74. The lowest BCUT2D eigenvalue weighted by Gasteiger charge is -2.24. The number of para-hydroxylation sites is 1. The molecule has 0 spiro atoms. The van der Waals surface area contributed by atoms with Gasteiger partial charge in [0, 0.05) is 0 Å². The summed E-state index contributed by atoms with van der Waals surface area (Å²) in [4.78, 5) is 36.6. The number of nitrogens with zero attached hydrogens (tertiary/aromatic N) is 2. The minimum atomic E-state index is -1.23. The summed E-state index contributed by atoms with van der Waals surface area (Å²) in [5.74, 6) is -3.49. The highest BCUT2D eigenvalue weighted by atomic mass is 16.5. The Morgan fingerprint density at radius 1 is 1.08 bits per heavy atom. The van der Waals surface area contributed by atoms with Gasteiger partial charge in [0.05, 0.1) is 26.5 Å². The molecule has 0 aliphatic carbocycles. The van der Waals surface area contributed by atoms with Crippen molar-refractivity contribution in [2.24, 2.45) is 11.0 Å². The second kappa shape index (κ2) is 7.58. The molecule has 1 aromatic rings. The van der Waals surface area contributed by atoms with Gasteiger partial charge >= 0.3 is 17.9 Å². The van der Waals surface area contributed by atoms with Crippen LogP contribution in [0.25, 0.3) is 0 Å². The van der Waals surface area contributed by atoms with Crippen molar-refractivity contribution in [1.82, 2.24) is 0 Å². The lowest BCUT2D eigenvalue weighted by Crippen LogP contribution is -2.46. The highest BCUT2D eigenvalue weighted by Crippen LogP contribution is 2.30. The van der Waals surface area contributed by atoms with Crippen molar-refractivity contribution in [3.05, 3.63) is 30.3 Å². The Morgan fingerprint density at radius 2 is 1.71 bits per heavy atom. The van der Waals surface area contributed by atoms with Crippen molar-refractivity contribution in [3.63, 3.8) is 0 Å². The van der Waals surface area contributed by atoms with Gasteiger partial charge in [0.1, 0.15) is 5.92 Å². The van der Waals surface area contributed by atoms with E-state index in [9.17, 15) is 14.4 Å². The van der Waals surface area contributed by atoms with Crippen LogP contribution in [0.2, 0.25) is 0 Å². The van der Waals surface area contributed by atoms with Gasteiger partial charge in [-0.05, 0) is 19.1 Å². The molecule has 1 heterocycles. The molecule has 0 radical (unpaired) electrons. The largest absolute Gasteiger partial charge is 0.468 e. The molecule has 1 unspecified atom stereocenters. The lowest BCUT2D eigenvalue weighted by molar-refractivity contribution is -0.151. The smallest absolute Gasteiger partial charge is 0.355 e. The van der Waals surface area contributed by atoms with E-state index in [1.165, 1.54) is 19.2 Å². The fourth-order valence-corrected chi connectivity index (χ4v) is 2.43. The van der Waals surface area contributed by atoms with E-state index in [2.05, 4.69) is 5.10 Å². The second-order valence-corrected chi connectivity index (χ2v) is 4.85. The first-order valence-electron chi connectivity index (χ1n) is 7.30. The number of ether oxygens (including phenoxy) is 3. The number of carbonyl (C=O) groups is 3. The molecule has 24 heavy (non-hydrogen) atoms. The fraction of sp³-hybridized carbons (Fsp3) is 0.375. The van der Waals surface area contributed by atoms with E-state index in [1.807, 2.05) is 0 Å². The average Bonchev–Trinajstić information content (AvgIpc) is 3.02. The van der Waals surface area contributed by atoms with Crippen molar-refractivity contribution in [2.45, 2.75) is 13.0 Å². The van der Waals surface area contributed by atoms with Crippen LogP contribution in [0, 0.1) is 5.92 Å². The van der Waals surface area contributed by atoms with Crippen LogP contribution in [0.5, 0.6) is 0 Å². The number of hydrogen-bond acceptors (Lipinski definition) is 8. The van der Waals surface area contributed by atoms with E-state index in [0.29, 0.717) is 5.69 Å². The third-order valence-electron chi connectivity index (χ3n) is 3.49. The maximum absolute atomic E-state index is 12.3. The number of hydrazone groups is 1. The Labute approximate surface area is 139 Å². The molecule has 0 bridgehead atoms. The maximum Gasteiger partial charge on any atom is 0.355 e. The Balaban J connectivity index is 2.52. The zero-order valence-corrected chi connectivity index (χ0v) is 13.6. The normalized spacial score (nSPS) is 19.5. The SMILES string of the molecule is CCOC(=O)C1=NN(c2ccccc2)C(C(=O)OC)[C@H]1C(=O)OC. The number of carbonyl (C=O) groups excluding carboxylic acids is 3. The molecule has 1 aliphatic rings. The summed E-state index contributed by atoms with van der Waals surface area (Å²) in [7, 11) is 2.37. The lowest BCUT2D eigenvalue weighted by atomic mass is 9.95. The Kier molecular flexibility index (Phi) is 5.51. The van der Waals surface area contributed by atoms with Crippen molar-refractivity contribution in [3.8, 4) is 0 Å². The number of esters is 3. The van der Waals surface area contributed by atoms with Crippen LogP contribution in [0.4, 0.5) is 5.69 Å². The van der Waals surface area contributed by atoms with Crippen molar-refractivity contribution < 1.29 is 28.6 Å². The molecule has 1 aliphatic heterocycles. The molecule has 8 heteroatoms. The van der Waals surface area contributed by atoms with E-state index in [0.717, 1.165) is 0 Å². The molecule has 0 fully saturated rings. The number of rotatable bonds is 5. The first kappa shape index (κ1) is 17.5. The van der Waals surface area contributed by atoms with Gasteiger partial charge in [-0.1, -0.05) is 18.2 Å². The van der Waals surface area contributed by atoms with E-state index < -0.39 is 29.9 Å². The molecule has 2 atom stereocenters. The first-order chi connectivity index (χ1) is 11.5. The van der Waals surface area contributed by atoms with Crippen molar-refractivity contribution in [2.75, 3.05) is 25.8 Å². The average molecular weight is 334 g/mol. The molecule has 0 N–H and O–H groups in total. The Hall–Kier alpha value is -2.90. The predicted octanol–water partition coefficient (Wildman–Crippen LogP) is 0.756. The predicted molar refractivity (Wildman–Crippen MR) is 84.3 cm³/mol. The van der Waals surface area contributed by atoms with Crippen molar-refractivity contribution >= 4 is 29.3 Å². The summed E-state index contributed by atoms with van der Waals surface area (Å²) in [6.07, 6.45) is 0. The zero-order valence-electron chi connectivity index (χ0n) is 13.6. The number of methoxy groups -OCH3 is 2. The molecule has 128 valence electrons. The number of anilines is 1. The molecule has 1 aromatic carbocycles. The van der Waals surface area contributed by atoms with E-state index in [4.69, 9.17) is 14.2 Å². The Bertz CT molecular complexity index is 658. The highest BCUT2D eigenvalue weighted by molar-refractivity contribution is 6.42.